The third-order valence-corrected chi connectivity index (χ3v) is 3.69. The molecule has 23 heavy (non-hydrogen) atoms. The molecule has 0 fully saturated rings. The van der Waals surface area contributed by atoms with Gasteiger partial charge in [0, 0.05) is 31.0 Å². The monoisotopic (exact) mass is 311 g/mol. The van der Waals surface area contributed by atoms with E-state index in [4.69, 9.17) is 5.11 Å². The Morgan fingerprint density at radius 2 is 1.91 bits per heavy atom. The van der Waals surface area contributed by atoms with Crippen molar-refractivity contribution < 1.29 is 9.90 Å². The summed E-state index contributed by atoms with van der Waals surface area (Å²) < 4.78 is 0. The summed E-state index contributed by atoms with van der Waals surface area (Å²) in [5.74, 6) is -0.314. The van der Waals surface area contributed by atoms with Crippen LogP contribution in [0.5, 0.6) is 0 Å². The van der Waals surface area contributed by atoms with Crippen molar-refractivity contribution in [3.8, 4) is 11.3 Å². The first-order chi connectivity index (χ1) is 11.1. The highest BCUT2D eigenvalue weighted by Gasteiger charge is 2.10. The zero-order chi connectivity index (χ0) is 16.4. The highest BCUT2D eigenvalue weighted by molar-refractivity contribution is 5.92. The Kier molecular flexibility index (Phi) is 3.92. The first-order valence-electron chi connectivity index (χ1n) is 7.42. The predicted molar refractivity (Wildman–Crippen MR) is 87.6 cm³/mol. The summed E-state index contributed by atoms with van der Waals surface area (Å²) in [4.78, 5) is 29.1. The SMILES string of the molecule is CCN(CC)c1ncc(-c2ccc3[nH]c(C(=O)O)cc3n2)cn1. The molecule has 118 valence electrons. The summed E-state index contributed by atoms with van der Waals surface area (Å²) in [7, 11) is 0. The fourth-order valence-corrected chi connectivity index (χ4v) is 2.41. The van der Waals surface area contributed by atoms with Gasteiger partial charge in [-0.2, -0.15) is 0 Å². The summed E-state index contributed by atoms with van der Waals surface area (Å²) in [6, 6.07) is 5.15. The van der Waals surface area contributed by atoms with Crippen molar-refractivity contribution in [1.29, 1.82) is 0 Å². The molecule has 0 aliphatic rings. The molecule has 0 saturated heterocycles. The fourth-order valence-electron chi connectivity index (χ4n) is 2.41. The van der Waals surface area contributed by atoms with Crippen LogP contribution in [0.25, 0.3) is 22.3 Å². The van der Waals surface area contributed by atoms with E-state index in [0.29, 0.717) is 22.7 Å². The molecule has 2 N–H and O–H groups in total. The van der Waals surface area contributed by atoms with Crippen molar-refractivity contribution in [3.05, 3.63) is 36.3 Å². The molecule has 7 heteroatoms. The van der Waals surface area contributed by atoms with Crippen LogP contribution in [0.3, 0.4) is 0 Å². The molecule has 3 rings (SSSR count). The maximum absolute atomic E-state index is 11.0. The molecule has 0 atom stereocenters. The van der Waals surface area contributed by atoms with Crippen molar-refractivity contribution in [2.24, 2.45) is 0 Å². The van der Waals surface area contributed by atoms with Gasteiger partial charge in [0.2, 0.25) is 5.95 Å². The van der Waals surface area contributed by atoms with Gasteiger partial charge in [-0.1, -0.05) is 0 Å². The van der Waals surface area contributed by atoms with E-state index in [1.54, 1.807) is 12.4 Å². The predicted octanol–water partition coefficient (Wildman–Crippen LogP) is 2.56. The number of rotatable bonds is 5. The topological polar surface area (TPSA) is 95.0 Å². The second kappa shape index (κ2) is 6.04. The third kappa shape index (κ3) is 2.85. The molecule has 0 aliphatic heterocycles. The van der Waals surface area contributed by atoms with E-state index >= 15 is 0 Å². The van der Waals surface area contributed by atoms with Gasteiger partial charge < -0.3 is 15.0 Å². The fraction of sp³-hybridized carbons (Fsp3) is 0.250. The first kappa shape index (κ1) is 15.0. The van der Waals surface area contributed by atoms with Crippen LogP contribution in [-0.4, -0.2) is 44.1 Å². The Hall–Kier alpha value is -2.96. The maximum Gasteiger partial charge on any atom is 0.352 e. The van der Waals surface area contributed by atoms with Gasteiger partial charge in [0.05, 0.1) is 16.7 Å². The zero-order valence-electron chi connectivity index (χ0n) is 12.9. The van der Waals surface area contributed by atoms with Crippen LogP contribution < -0.4 is 4.90 Å². The highest BCUT2D eigenvalue weighted by Crippen LogP contribution is 2.21. The minimum Gasteiger partial charge on any atom is -0.477 e. The molecule has 7 nitrogen and oxygen atoms in total. The average molecular weight is 311 g/mol. The van der Waals surface area contributed by atoms with E-state index in [9.17, 15) is 4.79 Å². The minimum absolute atomic E-state index is 0.123. The summed E-state index contributed by atoms with van der Waals surface area (Å²) >= 11 is 0. The molecular formula is C16H17N5O2. The molecule has 0 unspecified atom stereocenters. The quantitative estimate of drug-likeness (QED) is 0.752. The first-order valence-corrected chi connectivity index (χ1v) is 7.42. The van der Waals surface area contributed by atoms with E-state index in [1.165, 1.54) is 6.07 Å². The molecule has 0 bridgehead atoms. The molecule has 0 spiro atoms. The van der Waals surface area contributed by atoms with Gasteiger partial charge in [-0.05, 0) is 32.0 Å². The lowest BCUT2D eigenvalue weighted by Gasteiger charge is -2.17. The number of fused-ring (bicyclic) bond motifs is 1. The lowest BCUT2D eigenvalue weighted by Crippen LogP contribution is -2.23. The molecule has 0 aromatic carbocycles. The van der Waals surface area contributed by atoms with E-state index in [2.05, 4.69) is 38.7 Å². The Labute approximate surface area is 133 Å². The number of aromatic nitrogens is 4. The normalized spacial score (nSPS) is 10.9. The van der Waals surface area contributed by atoms with Crippen molar-refractivity contribution in [2.75, 3.05) is 18.0 Å². The van der Waals surface area contributed by atoms with Crippen molar-refractivity contribution >= 4 is 23.0 Å². The minimum atomic E-state index is -1.00. The molecule has 0 amide bonds. The van der Waals surface area contributed by atoms with Crippen LogP contribution in [0.4, 0.5) is 5.95 Å². The number of nitrogens with one attached hydrogen (secondary N) is 1. The molecule has 0 radical (unpaired) electrons. The Morgan fingerprint density at radius 3 is 2.52 bits per heavy atom. The van der Waals surface area contributed by atoms with Gasteiger partial charge in [-0.25, -0.2) is 19.7 Å². The molecule has 0 saturated carbocycles. The van der Waals surface area contributed by atoms with E-state index in [0.717, 1.165) is 18.7 Å². The number of nitrogens with zero attached hydrogens (tertiary/aromatic N) is 4. The number of H-pyrrole nitrogens is 1. The third-order valence-electron chi connectivity index (χ3n) is 3.69. The van der Waals surface area contributed by atoms with Crippen LogP contribution >= 0.6 is 0 Å². The van der Waals surface area contributed by atoms with E-state index in [1.807, 2.05) is 12.1 Å². The second-order valence-electron chi connectivity index (χ2n) is 5.06. The number of pyridine rings is 1. The lowest BCUT2D eigenvalue weighted by molar-refractivity contribution is 0.0691. The van der Waals surface area contributed by atoms with Gasteiger partial charge in [0.25, 0.3) is 0 Å². The largest absolute Gasteiger partial charge is 0.477 e. The van der Waals surface area contributed by atoms with E-state index in [-0.39, 0.29) is 5.69 Å². The number of aromatic carboxylic acids is 1. The summed E-state index contributed by atoms with van der Waals surface area (Å²) in [6.07, 6.45) is 3.47. The van der Waals surface area contributed by atoms with Crippen molar-refractivity contribution in [2.45, 2.75) is 13.8 Å². The smallest absolute Gasteiger partial charge is 0.352 e. The number of carboxylic acids is 1. The van der Waals surface area contributed by atoms with E-state index < -0.39 is 5.97 Å². The van der Waals surface area contributed by atoms with Crippen LogP contribution in [0.1, 0.15) is 24.3 Å². The number of carbonyl (C=O) groups is 1. The summed E-state index contributed by atoms with van der Waals surface area (Å²) in [6.45, 7) is 5.81. The summed E-state index contributed by atoms with van der Waals surface area (Å²) in [5, 5.41) is 9.02. The van der Waals surface area contributed by atoms with Crippen molar-refractivity contribution in [3.63, 3.8) is 0 Å². The molecule has 3 aromatic heterocycles. The van der Waals surface area contributed by atoms with Gasteiger partial charge >= 0.3 is 5.97 Å². The van der Waals surface area contributed by atoms with Crippen LogP contribution in [0, 0.1) is 0 Å². The van der Waals surface area contributed by atoms with Crippen LogP contribution in [0.2, 0.25) is 0 Å². The molecule has 0 aliphatic carbocycles. The van der Waals surface area contributed by atoms with Gasteiger partial charge in [0.15, 0.2) is 0 Å². The zero-order valence-corrected chi connectivity index (χ0v) is 12.9. The Morgan fingerprint density at radius 1 is 1.22 bits per heavy atom. The Bertz CT molecular complexity index is 837. The second-order valence-corrected chi connectivity index (χ2v) is 5.06. The molecule has 3 aromatic rings. The van der Waals surface area contributed by atoms with Crippen LogP contribution in [-0.2, 0) is 0 Å². The standard InChI is InChI=1S/C16H17N5O2/c1-3-21(4-2)16-17-8-10(9-18-16)11-5-6-12-13(19-11)7-14(20-12)15(22)23/h5-9,20H,3-4H2,1-2H3,(H,22,23). The number of anilines is 1. The van der Waals surface area contributed by atoms with Crippen LogP contribution in [0.15, 0.2) is 30.6 Å². The van der Waals surface area contributed by atoms with Gasteiger partial charge in [-0.3, -0.25) is 0 Å². The number of hydrogen-bond acceptors (Lipinski definition) is 5. The number of carboxylic acid groups (broad SMARTS) is 1. The van der Waals surface area contributed by atoms with Gasteiger partial charge in [0.1, 0.15) is 5.69 Å². The molecule has 3 heterocycles. The number of hydrogen-bond donors (Lipinski definition) is 2. The number of aromatic amines is 1. The van der Waals surface area contributed by atoms with Crippen molar-refractivity contribution in [1.82, 2.24) is 19.9 Å². The average Bonchev–Trinajstić information content (AvgIpc) is 3.00. The lowest BCUT2D eigenvalue weighted by atomic mass is 10.2. The molecular weight excluding hydrogens is 294 g/mol. The Balaban J connectivity index is 1.94. The van der Waals surface area contributed by atoms with Gasteiger partial charge in [-0.15, -0.1) is 0 Å². The summed E-state index contributed by atoms with van der Waals surface area (Å²) in [5.41, 5.74) is 2.91. The maximum atomic E-state index is 11.0. The highest BCUT2D eigenvalue weighted by atomic mass is 16.4.